The van der Waals surface area contributed by atoms with Crippen molar-refractivity contribution in [3.8, 4) is 23.0 Å². The fraction of sp³-hybridized carbons (Fsp3) is 0.286. The van der Waals surface area contributed by atoms with Gasteiger partial charge in [-0.2, -0.15) is 0 Å². The Labute approximate surface area is 157 Å². The van der Waals surface area contributed by atoms with Crippen molar-refractivity contribution in [3.63, 3.8) is 0 Å². The number of fused-ring (bicyclic) bond motifs is 3. The summed E-state index contributed by atoms with van der Waals surface area (Å²) in [5, 5.41) is 1.17. The lowest BCUT2D eigenvalue weighted by Crippen LogP contribution is -2.14. The van der Waals surface area contributed by atoms with Gasteiger partial charge in [-0.3, -0.25) is 4.99 Å². The van der Waals surface area contributed by atoms with Gasteiger partial charge in [-0.05, 0) is 42.3 Å². The molecule has 6 nitrogen and oxygen atoms in total. The van der Waals surface area contributed by atoms with Gasteiger partial charge in [-0.15, -0.1) is 0 Å². The fourth-order valence-electron chi connectivity index (χ4n) is 3.63. The molecule has 0 aliphatic carbocycles. The molecule has 2 aromatic carbocycles. The number of rotatable bonds is 5. The van der Waals surface area contributed by atoms with E-state index >= 15 is 0 Å². The van der Waals surface area contributed by atoms with Crippen molar-refractivity contribution in [3.05, 3.63) is 47.2 Å². The molecule has 0 bridgehead atoms. The van der Waals surface area contributed by atoms with Crippen LogP contribution in [0.3, 0.4) is 0 Å². The van der Waals surface area contributed by atoms with Crippen LogP contribution in [0.15, 0.2) is 35.3 Å². The number of nitrogens with zero attached hydrogens (tertiary/aromatic N) is 1. The van der Waals surface area contributed by atoms with Crippen LogP contribution >= 0.6 is 0 Å². The number of benzene rings is 2. The normalized spacial score (nSPS) is 13.1. The minimum absolute atomic E-state index is 0.571. The summed E-state index contributed by atoms with van der Waals surface area (Å²) in [7, 11) is 6.51. The summed E-state index contributed by atoms with van der Waals surface area (Å²) in [6, 6.07) is 9.94. The van der Waals surface area contributed by atoms with Gasteiger partial charge < -0.3 is 23.9 Å². The van der Waals surface area contributed by atoms with E-state index in [0.717, 1.165) is 41.2 Å². The van der Waals surface area contributed by atoms with Crippen LogP contribution in [0.4, 0.5) is 0 Å². The number of aromatic amines is 1. The molecule has 140 valence electrons. The van der Waals surface area contributed by atoms with E-state index in [4.69, 9.17) is 23.9 Å². The number of aliphatic imine (C=N–C) groups is 1. The Morgan fingerprint density at radius 1 is 0.889 bits per heavy atom. The molecule has 1 N–H and O–H groups in total. The molecule has 0 amide bonds. The molecule has 0 radical (unpaired) electrons. The maximum absolute atomic E-state index is 5.50. The number of hydrogen-bond acceptors (Lipinski definition) is 5. The Bertz CT molecular complexity index is 1010. The molecule has 2 heterocycles. The minimum Gasteiger partial charge on any atom is -0.497 e. The molecule has 0 atom stereocenters. The fourth-order valence-corrected chi connectivity index (χ4v) is 3.63. The smallest absolute Gasteiger partial charge is 0.203 e. The van der Waals surface area contributed by atoms with Crippen molar-refractivity contribution in [2.45, 2.75) is 6.42 Å². The minimum atomic E-state index is 0.571. The van der Waals surface area contributed by atoms with Gasteiger partial charge in [0.15, 0.2) is 11.5 Å². The predicted octanol–water partition coefficient (Wildman–Crippen LogP) is 3.60. The van der Waals surface area contributed by atoms with Gasteiger partial charge in [0.1, 0.15) is 5.75 Å². The number of H-pyrrole nitrogens is 1. The van der Waals surface area contributed by atoms with E-state index in [2.05, 4.69) is 11.1 Å². The molecule has 1 aliphatic heterocycles. The van der Waals surface area contributed by atoms with Gasteiger partial charge in [-0.1, -0.05) is 0 Å². The molecule has 4 rings (SSSR count). The first-order valence-electron chi connectivity index (χ1n) is 8.74. The number of hydrogen-bond donors (Lipinski definition) is 1. The highest BCUT2D eigenvalue weighted by Gasteiger charge is 2.23. The van der Waals surface area contributed by atoms with E-state index in [0.29, 0.717) is 17.2 Å². The highest BCUT2D eigenvalue weighted by Crippen LogP contribution is 2.40. The molecule has 0 unspecified atom stereocenters. The lowest BCUT2D eigenvalue weighted by atomic mass is 9.97. The van der Waals surface area contributed by atoms with Gasteiger partial charge in [0.05, 0.1) is 39.8 Å². The molecule has 0 saturated heterocycles. The third kappa shape index (κ3) is 2.77. The third-order valence-electron chi connectivity index (χ3n) is 4.92. The molecule has 0 spiro atoms. The molecule has 3 aromatic rings. The van der Waals surface area contributed by atoms with Crippen molar-refractivity contribution in [2.75, 3.05) is 35.0 Å². The first kappa shape index (κ1) is 17.3. The van der Waals surface area contributed by atoms with Crippen molar-refractivity contribution in [1.29, 1.82) is 0 Å². The largest absolute Gasteiger partial charge is 0.497 e. The first-order chi connectivity index (χ1) is 13.2. The second-order valence-electron chi connectivity index (χ2n) is 6.28. The standard InChI is InChI=1S/C21H22N2O4/c1-24-13-5-6-16-15(11-13)14-7-8-22-19(20(14)23-16)12-9-17(25-2)21(27-4)18(10-12)26-3/h5-6,9-11,23H,7-8H2,1-4H3. The van der Waals surface area contributed by atoms with Crippen LogP contribution in [-0.2, 0) is 6.42 Å². The molecular weight excluding hydrogens is 344 g/mol. The Balaban J connectivity index is 1.88. The number of aromatic nitrogens is 1. The van der Waals surface area contributed by atoms with Crippen molar-refractivity contribution in [1.82, 2.24) is 4.98 Å². The molecule has 0 saturated carbocycles. The van der Waals surface area contributed by atoms with E-state index in [1.165, 1.54) is 10.9 Å². The Morgan fingerprint density at radius 3 is 2.26 bits per heavy atom. The maximum Gasteiger partial charge on any atom is 0.203 e. The zero-order chi connectivity index (χ0) is 19.0. The maximum atomic E-state index is 5.50. The SMILES string of the molecule is COc1ccc2[nH]c3c(c2c1)CCN=C3c1cc(OC)c(OC)c(OC)c1. The Morgan fingerprint density at radius 2 is 1.63 bits per heavy atom. The molecule has 0 fully saturated rings. The van der Waals surface area contributed by atoms with E-state index in [-0.39, 0.29) is 0 Å². The average Bonchev–Trinajstić information content (AvgIpc) is 3.10. The highest BCUT2D eigenvalue weighted by atomic mass is 16.5. The number of methoxy groups -OCH3 is 4. The van der Waals surface area contributed by atoms with Crippen molar-refractivity contribution in [2.24, 2.45) is 4.99 Å². The monoisotopic (exact) mass is 366 g/mol. The van der Waals surface area contributed by atoms with Gasteiger partial charge in [0.25, 0.3) is 0 Å². The van der Waals surface area contributed by atoms with Crippen LogP contribution in [0.2, 0.25) is 0 Å². The van der Waals surface area contributed by atoms with E-state index in [1.54, 1.807) is 28.4 Å². The molecular formula is C21H22N2O4. The van der Waals surface area contributed by atoms with Crippen LogP contribution in [0.1, 0.15) is 16.8 Å². The second-order valence-corrected chi connectivity index (χ2v) is 6.28. The van der Waals surface area contributed by atoms with E-state index in [9.17, 15) is 0 Å². The molecule has 27 heavy (non-hydrogen) atoms. The lowest BCUT2D eigenvalue weighted by molar-refractivity contribution is 0.324. The number of ether oxygens (including phenoxy) is 4. The van der Waals surface area contributed by atoms with Crippen LogP contribution in [0.25, 0.3) is 10.9 Å². The second kappa shape index (κ2) is 6.87. The highest BCUT2D eigenvalue weighted by molar-refractivity contribution is 6.16. The van der Waals surface area contributed by atoms with Gasteiger partial charge in [-0.25, -0.2) is 0 Å². The summed E-state index contributed by atoms with van der Waals surface area (Å²) in [5.74, 6) is 2.64. The summed E-state index contributed by atoms with van der Waals surface area (Å²) in [5.41, 5.74) is 5.17. The zero-order valence-corrected chi connectivity index (χ0v) is 15.9. The molecule has 1 aliphatic rings. The summed E-state index contributed by atoms with van der Waals surface area (Å²) in [6.45, 7) is 0.725. The van der Waals surface area contributed by atoms with Crippen LogP contribution in [0.5, 0.6) is 23.0 Å². The topological polar surface area (TPSA) is 65.1 Å². The average molecular weight is 366 g/mol. The summed E-state index contributed by atoms with van der Waals surface area (Å²) in [4.78, 5) is 8.31. The van der Waals surface area contributed by atoms with Crippen LogP contribution < -0.4 is 18.9 Å². The molecule has 1 aromatic heterocycles. The number of nitrogens with one attached hydrogen (secondary N) is 1. The van der Waals surface area contributed by atoms with Gasteiger partial charge in [0.2, 0.25) is 5.75 Å². The summed E-state index contributed by atoms with van der Waals surface area (Å²) >= 11 is 0. The lowest BCUT2D eigenvalue weighted by Gasteiger charge is -2.17. The Hall–Kier alpha value is -3.15. The van der Waals surface area contributed by atoms with Crippen molar-refractivity contribution < 1.29 is 18.9 Å². The van der Waals surface area contributed by atoms with Gasteiger partial charge in [0, 0.05) is 23.0 Å². The summed E-state index contributed by atoms with van der Waals surface area (Å²) in [6.07, 6.45) is 0.885. The quantitative estimate of drug-likeness (QED) is 0.749. The summed E-state index contributed by atoms with van der Waals surface area (Å²) < 4.78 is 21.8. The van der Waals surface area contributed by atoms with Gasteiger partial charge >= 0.3 is 0 Å². The van der Waals surface area contributed by atoms with E-state index in [1.807, 2.05) is 24.3 Å². The van der Waals surface area contributed by atoms with Crippen LogP contribution in [-0.4, -0.2) is 45.7 Å². The van der Waals surface area contributed by atoms with Crippen LogP contribution in [0, 0.1) is 0 Å². The molecule has 6 heteroatoms. The van der Waals surface area contributed by atoms with Crippen molar-refractivity contribution >= 4 is 16.6 Å². The Kier molecular flexibility index (Phi) is 4.39. The zero-order valence-electron chi connectivity index (χ0n) is 15.9. The predicted molar refractivity (Wildman–Crippen MR) is 105 cm³/mol. The third-order valence-corrected chi connectivity index (χ3v) is 4.92. The first-order valence-corrected chi connectivity index (χ1v) is 8.74. The van der Waals surface area contributed by atoms with E-state index < -0.39 is 0 Å².